The molecule has 0 spiro atoms. The zero-order valence-corrected chi connectivity index (χ0v) is 16.6. The maximum Gasteiger partial charge on any atom is 0.255 e. The van der Waals surface area contributed by atoms with E-state index in [4.69, 9.17) is 4.98 Å². The molecule has 0 aliphatic carbocycles. The molecule has 1 aliphatic rings. The van der Waals surface area contributed by atoms with Crippen LogP contribution >= 0.6 is 11.3 Å². The van der Waals surface area contributed by atoms with Gasteiger partial charge in [-0.2, -0.15) is 0 Å². The highest BCUT2D eigenvalue weighted by Crippen LogP contribution is 2.37. The molecule has 2 aromatic heterocycles. The first-order chi connectivity index (χ1) is 13.7. The lowest BCUT2D eigenvalue weighted by atomic mass is 9.99. The second-order valence-corrected chi connectivity index (χ2v) is 8.42. The van der Waals surface area contributed by atoms with Crippen molar-refractivity contribution < 1.29 is 4.79 Å². The van der Waals surface area contributed by atoms with Gasteiger partial charge >= 0.3 is 0 Å². The first-order valence-electron chi connectivity index (χ1n) is 9.73. The number of hydrogen-bond donors (Lipinski definition) is 0. The minimum atomic E-state index is 0.0471. The lowest BCUT2D eigenvalue weighted by Gasteiger charge is -2.35. The molecule has 3 heterocycles. The van der Waals surface area contributed by atoms with Gasteiger partial charge in [-0.3, -0.25) is 9.78 Å². The highest BCUT2D eigenvalue weighted by molar-refractivity contribution is 7.18. The molecule has 4 aromatic rings. The smallest absolute Gasteiger partial charge is 0.255 e. The zero-order chi connectivity index (χ0) is 19.1. The van der Waals surface area contributed by atoms with Crippen molar-refractivity contribution in [2.45, 2.75) is 32.2 Å². The fourth-order valence-corrected chi connectivity index (χ4v) is 5.22. The Bertz CT molecular complexity index is 1150. The number of likely N-dealkylation sites (tertiary alicyclic amines) is 1. The number of piperidine rings is 1. The van der Waals surface area contributed by atoms with Crippen LogP contribution < -0.4 is 0 Å². The SMILES string of the molecule is Cc1cc(C(=O)N2CCCCC2c2nc3ccccc3s2)c2ccccc2n1. The summed E-state index contributed by atoms with van der Waals surface area (Å²) >= 11 is 1.71. The topological polar surface area (TPSA) is 46.1 Å². The second kappa shape index (κ2) is 6.99. The monoisotopic (exact) mass is 387 g/mol. The Balaban J connectivity index is 1.57. The Morgan fingerprint density at radius 3 is 2.68 bits per heavy atom. The molecule has 1 amide bonds. The normalized spacial score (nSPS) is 17.3. The minimum absolute atomic E-state index is 0.0471. The molecule has 1 unspecified atom stereocenters. The van der Waals surface area contributed by atoms with Gasteiger partial charge in [0, 0.05) is 17.6 Å². The molecule has 0 N–H and O–H groups in total. The van der Waals surface area contributed by atoms with Gasteiger partial charge in [0.05, 0.1) is 27.3 Å². The number of pyridine rings is 1. The fraction of sp³-hybridized carbons (Fsp3) is 0.261. The van der Waals surface area contributed by atoms with Crippen LogP contribution in [-0.2, 0) is 0 Å². The van der Waals surface area contributed by atoms with Crippen molar-refractivity contribution >= 4 is 38.4 Å². The van der Waals surface area contributed by atoms with E-state index in [1.54, 1.807) is 11.3 Å². The minimum Gasteiger partial charge on any atom is -0.329 e. The first kappa shape index (κ1) is 17.3. The molecule has 1 atom stereocenters. The molecule has 1 aliphatic heterocycles. The Hall–Kier alpha value is -2.79. The number of nitrogens with zero attached hydrogens (tertiary/aromatic N) is 3. The number of para-hydroxylation sites is 2. The summed E-state index contributed by atoms with van der Waals surface area (Å²) in [6.07, 6.45) is 3.13. The van der Waals surface area contributed by atoms with E-state index in [2.05, 4.69) is 11.1 Å². The molecular weight excluding hydrogens is 366 g/mol. The van der Waals surface area contributed by atoms with E-state index in [1.165, 1.54) is 4.70 Å². The van der Waals surface area contributed by atoms with E-state index in [0.717, 1.165) is 58.5 Å². The molecule has 5 rings (SSSR count). The summed E-state index contributed by atoms with van der Waals surface area (Å²) in [5.74, 6) is 0.0886. The predicted molar refractivity (Wildman–Crippen MR) is 114 cm³/mol. The molecule has 0 radical (unpaired) electrons. The average Bonchev–Trinajstić information content (AvgIpc) is 3.17. The third-order valence-electron chi connectivity index (χ3n) is 5.43. The summed E-state index contributed by atoms with van der Waals surface area (Å²) < 4.78 is 1.18. The van der Waals surface area contributed by atoms with Gasteiger partial charge in [-0.1, -0.05) is 30.3 Å². The van der Waals surface area contributed by atoms with E-state index >= 15 is 0 Å². The quantitative estimate of drug-likeness (QED) is 0.455. The van der Waals surface area contributed by atoms with Crippen molar-refractivity contribution in [1.82, 2.24) is 14.9 Å². The molecular formula is C23H21N3OS. The van der Waals surface area contributed by atoms with Crippen molar-refractivity contribution in [2.24, 2.45) is 0 Å². The van der Waals surface area contributed by atoms with Crippen LogP contribution in [0.1, 0.15) is 46.4 Å². The fourth-order valence-electron chi connectivity index (χ4n) is 4.10. The van der Waals surface area contributed by atoms with E-state index in [1.807, 2.05) is 60.4 Å². The molecule has 1 saturated heterocycles. The molecule has 5 heteroatoms. The highest BCUT2D eigenvalue weighted by Gasteiger charge is 2.31. The summed E-state index contributed by atoms with van der Waals surface area (Å²) in [5.41, 5.74) is 3.51. The molecule has 4 nitrogen and oxygen atoms in total. The number of benzene rings is 2. The summed E-state index contributed by atoms with van der Waals surface area (Å²) in [7, 11) is 0. The number of aryl methyl sites for hydroxylation is 1. The molecule has 140 valence electrons. The van der Waals surface area contributed by atoms with E-state index in [-0.39, 0.29) is 11.9 Å². The van der Waals surface area contributed by atoms with Crippen LogP contribution in [0.25, 0.3) is 21.1 Å². The molecule has 0 saturated carbocycles. The number of carbonyl (C=O) groups excluding carboxylic acids is 1. The van der Waals surface area contributed by atoms with Crippen molar-refractivity contribution in [3.8, 4) is 0 Å². The Labute approximate surface area is 167 Å². The largest absolute Gasteiger partial charge is 0.329 e. The molecule has 1 fully saturated rings. The van der Waals surface area contributed by atoms with Crippen LogP contribution in [0.15, 0.2) is 54.6 Å². The standard InChI is InChI=1S/C23H21N3OS/c1-15-14-17(16-8-2-3-9-18(16)24-15)23(27)26-13-7-6-11-20(26)22-25-19-10-4-5-12-21(19)28-22/h2-5,8-10,12,14,20H,6-7,11,13H2,1H3. The van der Waals surface area contributed by atoms with Crippen LogP contribution in [0.3, 0.4) is 0 Å². The van der Waals surface area contributed by atoms with Gasteiger partial charge < -0.3 is 4.90 Å². The van der Waals surface area contributed by atoms with Crippen molar-refractivity contribution in [1.29, 1.82) is 0 Å². The number of fused-ring (bicyclic) bond motifs is 2. The van der Waals surface area contributed by atoms with Gasteiger partial charge in [0.2, 0.25) is 0 Å². The third kappa shape index (κ3) is 2.96. The number of rotatable bonds is 2. The van der Waals surface area contributed by atoms with Gasteiger partial charge in [0.15, 0.2) is 0 Å². The lowest BCUT2D eigenvalue weighted by Crippen LogP contribution is -2.38. The van der Waals surface area contributed by atoms with Crippen molar-refractivity contribution in [3.05, 3.63) is 70.9 Å². The van der Waals surface area contributed by atoms with Crippen LogP contribution in [0.4, 0.5) is 0 Å². The number of thiazole rings is 1. The predicted octanol–water partition coefficient (Wildman–Crippen LogP) is 5.52. The number of carbonyl (C=O) groups is 1. The Morgan fingerprint density at radius 2 is 1.82 bits per heavy atom. The van der Waals surface area contributed by atoms with Crippen molar-refractivity contribution in [3.63, 3.8) is 0 Å². The van der Waals surface area contributed by atoms with Gasteiger partial charge in [-0.05, 0) is 50.5 Å². The summed E-state index contributed by atoms with van der Waals surface area (Å²) in [6.45, 7) is 2.72. The average molecular weight is 388 g/mol. The van der Waals surface area contributed by atoms with E-state index in [0.29, 0.717) is 0 Å². The number of amides is 1. The number of hydrogen-bond acceptors (Lipinski definition) is 4. The maximum atomic E-state index is 13.6. The number of aromatic nitrogens is 2. The zero-order valence-electron chi connectivity index (χ0n) is 15.8. The molecule has 0 bridgehead atoms. The van der Waals surface area contributed by atoms with Crippen molar-refractivity contribution in [2.75, 3.05) is 6.54 Å². The molecule has 2 aromatic carbocycles. The lowest BCUT2D eigenvalue weighted by molar-refractivity contribution is 0.0613. The summed E-state index contributed by atoms with van der Waals surface area (Å²) in [6, 6.07) is 18.1. The van der Waals surface area contributed by atoms with Gasteiger partial charge in [-0.25, -0.2) is 4.98 Å². The van der Waals surface area contributed by atoms with Crippen LogP contribution in [0.2, 0.25) is 0 Å². The molecule has 28 heavy (non-hydrogen) atoms. The van der Waals surface area contributed by atoms with E-state index < -0.39 is 0 Å². The van der Waals surface area contributed by atoms with E-state index in [9.17, 15) is 4.79 Å². The Kier molecular flexibility index (Phi) is 4.32. The summed E-state index contributed by atoms with van der Waals surface area (Å²) in [4.78, 5) is 25.1. The van der Waals surface area contributed by atoms with Gasteiger partial charge in [0.1, 0.15) is 5.01 Å². The van der Waals surface area contributed by atoms with Crippen LogP contribution in [0, 0.1) is 6.92 Å². The maximum absolute atomic E-state index is 13.6. The van der Waals surface area contributed by atoms with Gasteiger partial charge in [0.25, 0.3) is 5.91 Å². The van der Waals surface area contributed by atoms with Crippen LogP contribution in [-0.4, -0.2) is 27.3 Å². The van der Waals surface area contributed by atoms with Gasteiger partial charge in [-0.15, -0.1) is 11.3 Å². The van der Waals surface area contributed by atoms with Crippen LogP contribution in [0.5, 0.6) is 0 Å². The summed E-state index contributed by atoms with van der Waals surface area (Å²) in [5, 5.41) is 1.97. The third-order valence-corrected chi connectivity index (χ3v) is 6.57. The highest BCUT2D eigenvalue weighted by atomic mass is 32.1. The first-order valence-corrected chi connectivity index (χ1v) is 10.6. The second-order valence-electron chi connectivity index (χ2n) is 7.36. The Morgan fingerprint density at radius 1 is 1.04 bits per heavy atom.